The molecule has 0 saturated carbocycles. The van der Waals surface area contributed by atoms with Gasteiger partial charge >= 0.3 is 0 Å². The minimum absolute atomic E-state index is 0.0402. The molecule has 0 saturated heterocycles. The molecule has 0 N–H and O–H groups in total. The van der Waals surface area contributed by atoms with Gasteiger partial charge in [0.25, 0.3) is 11.2 Å². The van der Waals surface area contributed by atoms with Crippen LogP contribution in [0.5, 0.6) is 0 Å². The zero-order valence-electron chi connectivity index (χ0n) is 12.7. The first kappa shape index (κ1) is 17.1. The van der Waals surface area contributed by atoms with Crippen LogP contribution < -0.4 is 5.56 Å². The minimum Gasteiger partial charge on any atom is -0.268 e. The van der Waals surface area contributed by atoms with E-state index in [4.69, 9.17) is 23.2 Å². The van der Waals surface area contributed by atoms with Crippen molar-refractivity contribution in [2.45, 2.75) is 6.54 Å². The third kappa shape index (κ3) is 3.87. The molecule has 1 aromatic heterocycles. The van der Waals surface area contributed by atoms with Gasteiger partial charge in [0, 0.05) is 23.8 Å². The Bertz CT molecular complexity index is 1020. The van der Waals surface area contributed by atoms with Crippen LogP contribution in [0.15, 0.2) is 59.4 Å². The van der Waals surface area contributed by atoms with E-state index in [2.05, 4.69) is 5.10 Å². The molecule has 0 spiro atoms. The number of nitrogens with zero attached hydrogens (tertiary/aromatic N) is 3. The molecule has 6 nitrogen and oxygen atoms in total. The molecule has 0 bridgehead atoms. The highest BCUT2D eigenvalue weighted by Crippen LogP contribution is 2.23. The Labute approximate surface area is 152 Å². The number of non-ortho nitro benzene ring substituents is 1. The van der Waals surface area contributed by atoms with E-state index < -0.39 is 4.92 Å². The van der Waals surface area contributed by atoms with E-state index in [0.29, 0.717) is 21.3 Å². The normalized spacial score (nSPS) is 10.6. The summed E-state index contributed by atoms with van der Waals surface area (Å²) in [7, 11) is 0. The number of hydrogen-bond donors (Lipinski definition) is 0. The Kier molecular flexibility index (Phi) is 4.83. The van der Waals surface area contributed by atoms with Crippen molar-refractivity contribution in [3.8, 4) is 11.3 Å². The van der Waals surface area contributed by atoms with E-state index in [0.717, 1.165) is 5.56 Å². The molecule has 0 aliphatic rings. The lowest BCUT2D eigenvalue weighted by Gasteiger charge is -2.08. The van der Waals surface area contributed by atoms with Crippen LogP contribution in [-0.2, 0) is 6.54 Å². The molecule has 1 heterocycles. The monoisotopic (exact) mass is 375 g/mol. The van der Waals surface area contributed by atoms with Crippen molar-refractivity contribution in [2.75, 3.05) is 0 Å². The summed E-state index contributed by atoms with van der Waals surface area (Å²) in [6.45, 7) is 0.207. The van der Waals surface area contributed by atoms with Gasteiger partial charge in [-0.1, -0.05) is 41.4 Å². The zero-order chi connectivity index (χ0) is 18.0. The first-order chi connectivity index (χ1) is 11.9. The van der Waals surface area contributed by atoms with Gasteiger partial charge in [-0.05, 0) is 23.8 Å². The Hall–Kier alpha value is -2.70. The van der Waals surface area contributed by atoms with Crippen LogP contribution in [0.2, 0.25) is 10.0 Å². The number of hydrogen-bond acceptors (Lipinski definition) is 4. The van der Waals surface area contributed by atoms with Crippen molar-refractivity contribution in [3.05, 3.63) is 90.7 Å². The van der Waals surface area contributed by atoms with E-state index >= 15 is 0 Å². The number of benzene rings is 2. The fourth-order valence-corrected chi connectivity index (χ4v) is 2.63. The molecular weight excluding hydrogens is 365 g/mol. The summed E-state index contributed by atoms with van der Waals surface area (Å²) >= 11 is 11.9. The number of nitro groups is 1. The average molecular weight is 376 g/mol. The highest BCUT2D eigenvalue weighted by atomic mass is 35.5. The van der Waals surface area contributed by atoms with E-state index in [1.807, 2.05) is 0 Å². The molecule has 0 aliphatic heterocycles. The molecule has 8 heteroatoms. The quantitative estimate of drug-likeness (QED) is 0.506. The van der Waals surface area contributed by atoms with Gasteiger partial charge in [0.2, 0.25) is 0 Å². The van der Waals surface area contributed by atoms with Crippen molar-refractivity contribution in [3.63, 3.8) is 0 Å². The second kappa shape index (κ2) is 7.04. The lowest BCUT2D eigenvalue weighted by molar-refractivity contribution is -0.384. The number of aromatic nitrogens is 2. The molecule has 0 amide bonds. The molecule has 0 fully saturated rings. The number of nitro benzene ring substituents is 1. The summed E-state index contributed by atoms with van der Waals surface area (Å²) in [6.07, 6.45) is 0. The summed E-state index contributed by atoms with van der Waals surface area (Å²) in [5, 5.41) is 16.0. The largest absolute Gasteiger partial charge is 0.270 e. The van der Waals surface area contributed by atoms with E-state index in [1.165, 1.54) is 28.9 Å². The fraction of sp³-hybridized carbons (Fsp3) is 0.0588. The molecule has 3 aromatic rings. The van der Waals surface area contributed by atoms with Crippen LogP contribution in [-0.4, -0.2) is 14.7 Å². The van der Waals surface area contributed by atoms with Crippen LogP contribution >= 0.6 is 23.2 Å². The number of rotatable bonds is 4. The van der Waals surface area contributed by atoms with E-state index in [1.54, 1.807) is 30.3 Å². The third-order valence-corrected chi connectivity index (χ3v) is 4.27. The average Bonchev–Trinajstić information content (AvgIpc) is 2.60. The summed E-state index contributed by atoms with van der Waals surface area (Å²) in [5.41, 5.74) is 1.45. The Balaban J connectivity index is 1.98. The van der Waals surface area contributed by atoms with Gasteiger partial charge in [-0.2, -0.15) is 5.10 Å². The van der Waals surface area contributed by atoms with Crippen LogP contribution in [0, 0.1) is 10.1 Å². The lowest BCUT2D eigenvalue weighted by Crippen LogP contribution is -2.22. The van der Waals surface area contributed by atoms with Crippen molar-refractivity contribution in [1.82, 2.24) is 9.78 Å². The minimum atomic E-state index is -0.477. The van der Waals surface area contributed by atoms with Gasteiger partial charge in [-0.15, -0.1) is 0 Å². The van der Waals surface area contributed by atoms with Gasteiger partial charge in [-0.25, -0.2) is 4.68 Å². The molecule has 0 unspecified atom stereocenters. The van der Waals surface area contributed by atoms with E-state index in [-0.39, 0.29) is 17.8 Å². The predicted molar refractivity (Wildman–Crippen MR) is 96.2 cm³/mol. The maximum Gasteiger partial charge on any atom is 0.270 e. The van der Waals surface area contributed by atoms with Crippen molar-refractivity contribution >= 4 is 28.9 Å². The highest BCUT2D eigenvalue weighted by molar-refractivity contribution is 6.42. The topological polar surface area (TPSA) is 78.0 Å². The standard InChI is InChI=1S/C17H11Cl2N3O3/c18-14-5-4-11(8-15(14)19)10-21-17(23)7-6-16(20-21)12-2-1-3-13(9-12)22(24)25/h1-9H,10H2. The summed E-state index contributed by atoms with van der Waals surface area (Å²) in [5.74, 6) is 0. The van der Waals surface area contributed by atoms with Crippen LogP contribution in [0.25, 0.3) is 11.3 Å². The summed E-state index contributed by atoms with van der Waals surface area (Å²) < 4.78 is 1.27. The smallest absolute Gasteiger partial charge is 0.268 e. The first-order valence-corrected chi connectivity index (χ1v) is 7.96. The van der Waals surface area contributed by atoms with Gasteiger partial charge in [0.1, 0.15) is 0 Å². The second-order valence-electron chi connectivity index (χ2n) is 5.27. The van der Waals surface area contributed by atoms with Crippen LogP contribution in [0.3, 0.4) is 0 Å². The molecule has 25 heavy (non-hydrogen) atoms. The molecule has 2 aromatic carbocycles. The molecule has 0 atom stereocenters. The summed E-state index contributed by atoms with van der Waals surface area (Å²) in [4.78, 5) is 22.5. The SMILES string of the molecule is O=c1ccc(-c2cccc([N+](=O)[O-])c2)nn1Cc1ccc(Cl)c(Cl)c1. The van der Waals surface area contributed by atoms with Crippen molar-refractivity contribution < 1.29 is 4.92 Å². The van der Waals surface area contributed by atoms with Gasteiger partial charge < -0.3 is 0 Å². The van der Waals surface area contributed by atoms with Crippen LogP contribution in [0.4, 0.5) is 5.69 Å². The third-order valence-electron chi connectivity index (χ3n) is 3.54. The fourth-order valence-electron chi connectivity index (χ4n) is 2.31. The Morgan fingerprint density at radius 2 is 1.84 bits per heavy atom. The molecule has 3 rings (SSSR count). The Morgan fingerprint density at radius 3 is 2.56 bits per heavy atom. The molecular formula is C17H11Cl2N3O3. The maximum absolute atomic E-state index is 12.1. The predicted octanol–water partition coefficient (Wildman–Crippen LogP) is 4.17. The van der Waals surface area contributed by atoms with Gasteiger partial charge in [-0.3, -0.25) is 14.9 Å². The molecule has 0 aliphatic carbocycles. The van der Waals surface area contributed by atoms with Gasteiger partial charge in [0.05, 0.1) is 27.2 Å². The maximum atomic E-state index is 12.1. The highest BCUT2D eigenvalue weighted by Gasteiger charge is 2.10. The van der Waals surface area contributed by atoms with Gasteiger partial charge in [0.15, 0.2) is 0 Å². The van der Waals surface area contributed by atoms with E-state index in [9.17, 15) is 14.9 Å². The van der Waals surface area contributed by atoms with Crippen molar-refractivity contribution in [2.24, 2.45) is 0 Å². The first-order valence-electron chi connectivity index (χ1n) is 7.21. The number of halogens is 2. The zero-order valence-corrected chi connectivity index (χ0v) is 14.2. The summed E-state index contributed by atoms with van der Waals surface area (Å²) in [6, 6.07) is 14.1. The molecule has 0 radical (unpaired) electrons. The Morgan fingerprint density at radius 1 is 1.04 bits per heavy atom. The van der Waals surface area contributed by atoms with Crippen molar-refractivity contribution in [1.29, 1.82) is 0 Å². The lowest BCUT2D eigenvalue weighted by atomic mass is 10.1. The molecule has 126 valence electrons. The van der Waals surface area contributed by atoms with Crippen LogP contribution in [0.1, 0.15) is 5.56 Å². The second-order valence-corrected chi connectivity index (χ2v) is 6.08.